The van der Waals surface area contributed by atoms with Gasteiger partial charge in [0.25, 0.3) is 0 Å². The summed E-state index contributed by atoms with van der Waals surface area (Å²) < 4.78 is 16.5. The van der Waals surface area contributed by atoms with Gasteiger partial charge in [0, 0.05) is 23.3 Å². The van der Waals surface area contributed by atoms with Crippen molar-refractivity contribution in [2.45, 2.75) is 31.9 Å². The average molecular weight is 416 g/mol. The van der Waals surface area contributed by atoms with Gasteiger partial charge in [0.15, 0.2) is 5.78 Å². The fourth-order valence-corrected chi connectivity index (χ4v) is 4.37. The summed E-state index contributed by atoms with van der Waals surface area (Å²) in [4.78, 5) is 16.1. The summed E-state index contributed by atoms with van der Waals surface area (Å²) in [6, 6.07) is 12.8. The molecule has 3 aromatic rings. The number of aliphatic hydroxyl groups is 1. The fourth-order valence-electron chi connectivity index (χ4n) is 4.37. The van der Waals surface area contributed by atoms with Gasteiger partial charge >= 0.3 is 0 Å². The summed E-state index contributed by atoms with van der Waals surface area (Å²) in [7, 11) is 0. The third-order valence-corrected chi connectivity index (χ3v) is 5.80. The van der Waals surface area contributed by atoms with E-state index in [-0.39, 0.29) is 17.8 Å². The monoisotopic (exact) mass is 416 g/mol. The maximum atomic E-state index is 14.7. The largest absolute Gasteiger partial charge is 0.402 e. The molecule has 0 radical (unpaired) electrons. The van der Waals surface area contributed by atoms with Gasteiger partial charge in [0.2, 0.25) is 0 Å². The van der Waals surface area contributed by atoms with E-state index in [2.05, 4.69) is 4.98 Å². The molecule has 0 aliphatic carbocycles. The molecule has 2 atom stereocenters. The molecule has 0 spiro atoms. The first kappa shape index (κ1) is 20.5. The van der Waals surface area contributed by atoms with E-state index in [0.29, 0.717) is 33.7 Å². The molecule has 4 rings (SSSR count). The van der Waals surface area contributed by atoms with Crippen molar-refractivity contribution in [2.24, 2.45) is 5.73 Å². The fraction of sp³-hybridized carbons (Fsp3) is 0.208. The molecular weight excluding hydrogens is 395 g/mol. The molecule has 0 saturated carbocycles. The van der Waals surface area contributed by atoms with E-state index in [1.807, 2.05) is 6.07 Å². The Bertz CT molecular complexity index is 1250. The second kappa shape index (κ2) is 7.49. The number of halogens is 1. The number of Topliss-reactive ketones (excluding diaryl/α,β-unsaturated/α-hetero) is 1. The van der Waals surface area contributed by atoms with E-state index in [1.165, 1.54) is 13.0 Å². The smallest absolute Gasteiger partial charge is 0.162 e. The Labute approximate surface area is 179 Å². The minimum atomic E-state index is -1.39. The van der Waals surface area contributed by atoms with Crippen LogP contribution in [0.3, 0.4) is 0 Å². The number of nitriles is 1. The second-order valence-electron chi connectivity index (χ2n) is 7.81. The van der Waals surface area contributed by atoms with Crippen LogP contribution in [-0.2, 0) is 10.4 Å². The summed E-state index contributed by atoms with van der Waals surface area (Å²) in [6.45, 7) is 3.13. The Morgan fingerprint density at radius 3 is 2.58 bits per heavy atom. The van der Waals surface area contributed by atoms with Crippen molar-refractivity contribution in [1.82, 2.24) is 9.55 Å². The lowest BCUT2D eigenvalue weighted by molar-refractivity contribution is -0.111. The highest BCUT2D eigenvalue weighted by Crippen LogP contribution is 2.47. The Morgan fingerprint density at radius 2 is 2.00 bits per heavy atom. The predicted octanol–water partition coefficient (Wildman–Crippen LogP) is 3.40. The van der Waals surface area contributed by atoms with Gasteiger partial charge in [-0.05, 0) is 37.1 Å². The van der Waals surface area contributed by atoms with Crippen LogP contribution in [0.1, 0.15) is 54.3 Å². The average Bonchev–Trinajstić information content (AvgIpc) is 3.31. The molecular formula is C24H21FN4O2. The summed E-state index contributed by atoms with van der Waals surface area (Å²) >= 11 is 0. The standard InChI is InChI=1S/C24H21FN4O2/c1-14(27)23(15(2)30)17-4-6-18(7-5-17)24(31)10-21(29-13-28-12-22(24)29)19-8-3-16(11-26)9-20(19)25/h3-9,12-13,21,31H,10,27H2,1-2H3/t21-,24?/m1/s1. The first-order chi connectivity index (χ1) is 14.8. The number of aromatic nitrogens is 2. The number of benzene rings is 2. The molecule has 1 unspecified atom stereocenters. The van der Waals surface area contributed by atoms with Gasteiger partial charge in [-0.2, -0.15) is 5.26 Å². The first-order valence-corrected chi connectivity index (χ1v) is 9.78. The van der Waals surface area contributed by atoms with Crippen LogP contribution in [0.5, 0.6) is 0 Å². The number of rotatable bonds is 4. The first-order valence-electron chi connectivity index (χ1n) is 9.78. The lowest BCUT2D eigenvalue weighted by Gasteiger charge is -2.24. The van der Waals surface area contributed by atoms with E-state index in [0.717, 1.165) is 0 Å². The topological polar surface area (TPSA) is 105 Å². The third kappa shape index (κ3) is 3.31. The maximum Gasteiger partial charge on any atom is 0.162 e. The normalized spacial score (nSPS) is 20.7. The number of carbonyl (C=O) groups excluding carboxylic acids is 1. The molecule has 0 fully saturated rings. The Kier molecular flexibility index (Phi) is 4.96. The Morgan fingerprint density at radius 1 is 1.29 bits per heavy atom. The van der Waals surface area contributed by atoms with Crippen LogP contribution < -0.4 is 5.73 Å². The molecule has 6 nitrogen and oxygen atoms in total. The quantitative estimate of drug-likeness (QED) is 0.634. The van der Waals surface area contributed by atoms with Gasteiger partial charge < -0.3 is 15.4 Å². The van der Waals surface area contributed by atoms with Crippen LogP contribution >= 0.6 is 0 Å². The summed E-state index contributed by atoms with van der Waals surface area (Å²) in [5.74, 6) is -0.639. The van der Waals surface area contributed by atoms with Gasteiger partial charge in [-0.25, -0.2) is 9.37 Å². The van der Waals surface area contributed by atoms with Gasteiger partial charge in [0.05, 0.1) is 35.9 Å². The zero-order chi connectivity index (χ0) is 22.3. The maximum absolute atomic E-state index is 14.7. The second-order valence-corrected chi connectivity index (χ2v) is 7.81. The Balaban J connectivity index is 1.75. The Hall–Kier alpha value is -3.76. The number of nitrogens with two attached hydrogens (primary N) is 1. The van der Waals surface area contributed by atoms with Crippen molar-refractivity contribution in [3.63, 3.8) is 0 Å². The molecule has 7 heteroatoms. The van der Waals surface area contributed by atoms with E-state index >= 15 is 0 Å². The lowest BCUT2D eigenvalue weighted by Crippen LogP contribution is -2.24. The minimum absolute atomic E-state index is 0.137. The van der Waals surface area contributed by atoms with Crippen molar-refractivity contribution >= 4 is 11.4 Å². The lowest BCUT2D eigenvalue weighted by atomic mass is 9.85. The number of allylic oxidation sites excluding steroid dienone is 2. The summed E-state index contributed by atoms with van der Waals surface area (Å²) in [6.07, 6.45) is 3.34. The minimum Gasteiger partial charge on any atom is -0.402 e. The van der Waals surface area contributed by atoms with Crippen molar-refractivity contribution in [3.8, 4) is 6.07 Å². The number of hydrogen-bond acceptors (Lipinski definition) is 5. The van der Waals surface area contributed by atoms with Crippen molar-refractivity contribution in [3.05, 3.63) is 94.5 Å². The molecule has 1 aliphatic heterocycles. The number of fused-ring (bicyclic) bond motifs is 1. The molecule has 31 heavy (non-hydrogen) atoms. The SMILES string of the molecule is CC(=O)C(=C(C)N)c1ccc(C2(O)C[C@H](c3ccc(C#N)cc3F)n3cncc32)cc1. The number of nitrogens with zero attached hydrogens (tertiary/aromatic N) is 3. The zero-order valence-corrected chi connectivity index (χ0v) is 17.1. The van der Waals surface area contributed by atoms with Crippen LogP contribution in [0.15, 0.2) is 60.7 Å². The number of hydrogen-bond donors (Lipinski definition) is 2. The van der Waals surface area contributed by atoms with E-state index in [4.69, 9.17) is 11.0 Å². The van der Waals surface area contributed by atoms with Gasteiger partial charge in [-0.3, -0.25) is 4.79 Å². The summed E-state index contributed by atoms with van der Waals surface area (Å²) in [5.41, 5.74) is 7.77. The molecule has 3 N–H and O–H groups in total. The molecule has 1 aromatic heterocycles. The van der Waals surface area contributed by atoms with Crippen LogP contribution in [0.25, 0.3) is 5.57 Å². The van der Waals surface area contributed by atoms with Gasteiger partial charge in [-0.15, -0.1) is 0 Å². The van der Waals surface area contributed by atoms with Crippen LogP contribution in [0.2, 0.25) is 0 Å². The number of carbonyl (C=O) groups is 1. The van der Waals surface area contributed by atoms with Crippen molar-refractivity contribution in [2.75, 3.05) is 0 Å². The van der Waals surface area contributed by atoms with Crippen molar-refractivity contribution < 1.29 is 14.3 Å². The number of imidazole rings is 1. The highest BCUT2D eigenvalue weighted by atomic mass is 19.1. The summed E-state index contributed by atoms with van der Waals surface area (Å²) in [5, 5.41) is 20.6. The third-order valence-electron chi connectivity index (χ3n) is 5.80. The van der Waals surface area contributed by atoms with Gasteiger partial charge in [-0.1, -0.05) is 30.3 Å². The molecule has 0 saturated heterocycles. The molecule has 0 bridgehead atoms. The molecule has 1 aliphatic rings. The zero-order valence-electron chi connectivity index (χ0n) is 17.1. The molecule has 2 heterocycles. The van der Waals surface area contributed by atoms with Crippen LogP contribution in [0.4, 0.5) is 4.39 Å². The molecule has 156 valence electrons. The van der Waals surface area contributed by atoms with Crippen molar-refractivity contribution in [1.29, 1.82) is 5.26 Å². The van der Waals surface area contributed by atoms with E-state index in [1.54, 1.807) is 60.4 Å². The van der Waals surface area contributed by atoms with Crippen LogP contribution in [0, 0.1) is 17.1 Å². The van der Waals surface area contributed by atoms with E-state index < -0.39 is 17.5 Å². The van der Waals surface area contributed by atoms with Gasteiger partial charge in [0.1, 0.15) is 11.4 Å². The molecule has 0 amide bonds. The number of ketones is 1. The molecule has 2 aromatic carbocycles. The van der Waals surface area contributed by atoms with Crippen LogP contribution in [-0.4, -0.2) is 20.4 Å². The predicted molar refractivity (Wildman–Crippen MR) is 113 cm³/mol. The van der Waals surface area contributed by atoms with E-state index in [9.17, 15) is 14.3 Å². The highest BCUT2D eigenvalue weighted by Gasteiger charge is 2.45. The highest BCUT2D eigenvalue weighted by molar-refractivity contribution is 6.20.